The van der Waals surface area contributed by atoms with E-state index in [1.165, 1.54) is 14.2 Å². The SMILES string of the molecule is [2H]c1c([2H])c([2H])c(C([2H])([2H])[2H])c(OCc2ccccc2/C(=N\OC)C(=O)OC)c1[2H]. The zero-order valence-electron chi connectivity index (χ0n) is 19.6. The Kier molecular flexibility index (Phi) is 3.24. The summed E-state index contributed by atoms with van der Waals surface area (Å²) in [5.74, 6) is -1.26. The number of para-hydroxylation sites is 1. The minimum atomic E-state index is -2.83. The molecular weight excluding hydrogens is 294 g/mol. The highest BCUT2D eigenvalue weighted by Gasteiger charge is 2.19. The summed E-state index contributed by atoms with van der Waals surface area (Å²) in [5, 5.41) is 3.67. The third-order valence-electron chi connectivity index (χ3n) is 2.86. The number of nitrogens with zero attached hydrogens (tertiary/aromatic N) is 1. The lowest BCUT2D eigenvalue weighted by Gasteiger charge is -2.12. The molecule has 5 heteroatoms. The standard InChI is InChI=1S/C18H19NO4/c1-13-8-4-7-11-16(13)23-12-14-9-5-6-10-15(14)17(19-22-3)18(20)21-2/h4-11H,12H2,1-3H3/b19-17+/i1D3,4D,7D,8D,11D. The third-order valence-corrected chi connectivity index (χ3v) is 2.86. The number of methoxy groups -OCH3 is 1. The number of esters is 1. The topological polar surface area (TPSA) is 57.1 Å². The molecule has 120 valence electrons. The largest absolute Gasteiger partial charge is 0.489 e. The first-order chi connectivity index (χ1) is 14.0. The monoisotopic (exact) mass is 320 g/mol. The molecule has 0 spiro atoms. The maximum atomic E-state index is 12.0. The molecule has 0 saturated heterocycles. The average Bonchev–Trinajstić information content (AvgIpc) is 2.70. The highest BCUT2D eigenvalue weighted by molar-refractivity contribution is 6.43. The van der Waals surface area contributed by atoms with Crippen molar-refractivity contribution in [2.75, 3.05) is 14.2 Å². The van der Waals surface area contributed by atoms with Gasteiger partial charge in [-0.05, 0) is 24.0 Å². The second-order valence-electron chi connectivity index (χ2n) is 4.26. The van der Waals surface area contributed by atoms with Crippen LogP contribution in [-0.2, 0) is 21.0 Å². The number of carbonyl (C=O) groups is 1. The lowest BCUT2D eigenvalue weighted by Crippen LogP contribution is -2.19. The number of carbonyl (C=O) groups excluding carboxylic acids is 1. The van der Waals surface area contributed by atoms with Gasteiger partial charge in [0.1, 0.15) is 19.5 Å². The Bertz CT molecular complexity index is 989. The van der Waals surface area contributed by atoms with E-state index in [-0.39, 0.29) is 12.3 Å². The van der Waals surface area contributed by atoms with Crippen LogP contribution in [0.1, 0.15) is 26.3 Å². The Morgan fingerprint density at radius 2 is 2.04 bits per heavy atom. The van der Waals surface area contributed by atoms with Crippen LogP contribution in [0.2, 0.25) is 0 Å². The van der Waals surface area contributed by atoms with E-state index in [0.717, 1.165) is 0 Å². The fourth-order valence-electron chi connectivity index (χ4n) is 1.82. The molecule has 0 fully saturated rings. The molecule has 0 saturated carbocycles. The summed E-state index contributed by atoms with van der Waals surface area (Å²) >= 11 is 0. The molecule has 23 heavy (non-hydrogen) atoms. The summed E-state index contributed by atoms with van der Waals surface area (Å²) in [7, 11) is 2.43. The molecule has 2 rings (SSSR count). The number of ether oxygens (including phenoxy) is 2. The van der Waals surface area contributed by atoms with Crippen molar-refractivity contribution in [1.29, 1.82) is 0 Å². The van der Waals surface area contributed by atoms with E-state index in [4.69, 9.17) is 23.9 Å². The molecule has 0 aliphatic rings. The van der Waals surface area contributed by atoms with E-state index in [1.807, 2.05) is 0 Å². The van der Waals surface area contributed by atoms with Gasteiger partial charge in [0.05, 0.1) is 12.6 Å². The third kappa shape index (κ3) is 4.10. The van der Waals surface area contributed by atoms with Crippen LogP contribution in [-0.4, -0.2) is 25.9 Å². The first-order valence-electron chi connectivity index (χ1n) is 10.1. The molecule has 0 N–H and O–H groups in total. The van der Waals surface area contributed by atoms with Gasteiger partial charge in [0.15, 0.2) is 5.71 Å². The predicted octanol–water partition coefficient (Wildman–Crippen LogP) is 3.10. The van der Waals surface area contributed by atoms with Gasteiger partial charge in [0.25, 0.3) is 0 Å². The number of hydrogen-bond acceptors (Lipinski definition) is 5. The number of hydrogen-bond donors (Lipinski definition) is 0. The van der Waals surface area contributed by atoms with Gasteiger partial charge < -0.3 is 14.3 Å². The highest BCUT2D eigenvalue weighted by atomic mass is 16.6. The Labute approximate surface area is 145 Å². The van der Waals surface area contributed by atoms with Crippen molar-refractivity contribution >= 4 is 11.7 Å². The Balaban J connectivity index is 2.54. The predicted molar refractivity (Wildman–Crippen MR) is 87.5 cm³/mol. The van der Waals surface area contributed by atoms with Crippen LogP contribution in [0.25, 0.3) is 0 Å². The van der Waals surface area contributed by atoms with Gasteiger partial charge in [-0.1, -0.05) is 47.5 Å². The minimum Gasteiger partial charge on any atom is -0.489 e. The molecular formula is C18H19NO4. The van der Waals surface area contributed by atoms with E-state index in [2.05, 4.69) is 5.16 Å². The Morgan fingerprint density at radius 1 is 1.26 bits per heavy atom. The van der Waals surface area contributed by atoms with Crippen LogP contribution in [0.3, 0.4) is 0 Å². The summed E-state index contributed by atoms with van der Waals surface area (Å²) in [6, 6.07) is 3.83. The van der Waals surface area contributed by atoms with Crippen LogP contribution in [0.15, 0.2) is 53.6 Å². The van der Waals surface area contributed by atoms with Gasteiger partial charge in [-0.15, -0.1) is 0 Å². The maximum Gasteiger partial charge on any atom is 0.360 e. The second kappa shape index (κ2) is 7.98. The summed E-state index contributed by atoms with van der Waals surface area (Å²) in [5.41, 5.74) is -0.0833. The second-order valence-corrected chi connectivity index (χ2v) is 4.26. The van der Waals surface area contributed by atoms with Crippen LogP contribution in [0, 0.1) is 6.85 Å². The molecule has 2 aromatic carbocycles. The molecule has 0 atom stereocenters. The quantitative estimate of drug-likeness (QED) is 0.466. The van der Waals surface area contributed by atoms with Crippen LogP contribution in [0.4, 0.5) is 0 Å². The molecule has 0 aliphatic heterocycles. The first kappa shape index (κ1) is 9.35. The Morgan fingerprint density at radius 3 is 2.78 bits per heavy atom. The van der Waals surface area contributed by atoms with Crippen molar-refractivity contribution in [2.45, 2.75) is 13.5 Å². The van der Waals surface area contributed by atoms with Crippen LogP contribution in [0.5, 0.6) is 5.75 Å². The fourth-order valence-corrected chi connectivity index (χ4v) is 1.82. The van der Waals surface area contributed by atoms with Gasteiger partial charge in [-0.3, -0.25) is 0 Å². The molecule has 0 unspecified atom stereocenters. The van der Waals surface area contributed by atoms with E-state index < -0.39 is 48.3 Å². The van der Waals surface area contributed by atoms with Crippen LogP contribution < -0.4 is 4.74 Å². The van der Waals surface area contributed by atoms with Crippen molar-refractivity contribution in [3.05, 3.63) is 65.1 Å². The zero-order chi connectivity index (χ0) is 22.6. The van der Waals surface area contributed by atoms with Gasteiger partial charge in [0, 0.05) is 9.68 Å². The van der Waals surface area contributed by atoms with Crippen molar-refractivity contribution < 1.29 is 28.7 Å². The molecule has 0 aliphatic carbocycles. The summed E-state index contributed by atoms with van der Waals surface area (Å²) in [6.45, 7) is -3.14. The average molecular weight is 320 g/mol. The van der Waals surface area contributed by atoms with Gasteiger partial charge in [0.2, 0.25) is 0 Å². The van der Waals surface area contributed by atoms with Gasteiger partial charge in [-0.25, -0.2) is 4.79 Å². The van der Waals surface area contributed by atoms with Crippen molar-refractivity contribution in [3.63, 3.8) is 0 Å². The van der Waals surface area contributed by atoms with E-state index in [1.54, 1.807) is 24.3 Å². The molecule has 0 heterocycles. The first-order valence-corrected chi connectivity index (χ1v) is 6.55. The van der Waals surface area contributed by atoms with Crippen LogP contribution >= 0.6 is 0 Å². The molecule has 0 aromatic heterocycles. The number of oxime groups is 1. The summed E-state index contributed by atoms with van der Waals surface area (Å²) in [4.78, 5) is 16.7. The zero-order valence-corrected chi connectivity index (χ0v) is 12.6. The number of rotatable bonds is 6. The smallest absolute Gasteiger partial charge is 0.360 e. The van der Waals surface area contributed by atoms with E-state index in [9.17, 15) is 4.79 Å². The van der Waals surface area contributed by atoms with Crippen molar-refractivity contribution in [3.8, 4) is 5.75 Å². The normalized spacial score (nSPS) is 15.9. The molecule has 0 bridgehead atoms. The highest BCUT2D eigenvalue weighted by Crippen LogP contribution is 2.19. The number of benzene rings is 2. The molecule has 0 amide bonds. The van der Waals surface area contributed by atoms with Gasteiger partial charge >= 0.3 is 5.97 Å². The fraction of sp³-hybridized carbons (Fsp3) is 0.222. The molecule has 5 nitrogen and oxygen atoms in total. The van der Waals surface area contributed by atoms with E-state index >= 15 is 0 Å². The van der Waals surface area contributed by atoms with E-state index in [0.29, 0.717) is 11.1 Å². The Hall–Kier alpha value is -2.82. The maximum absolute atomic E-state index is 12.0. The summed E-state index contributed by atoms with van der Waals surface area (Å²) in [6.07, 6.45) is 0. The molecule has 2 aromatic rings. The minimum absolute atomic E-state index is 0.148. The lowest BCUT2D eigenvalue weighted by molar-refractivity contribution is -0.132. The van der Waals surface area contributed by atoms with Gasteiger partial charge in [-0.2, -0.15) is 0 Å². The summed E-state index contributed by atoms with van der Waals surface area (Å²) < 4.78 is 64.7. The molecule has 0 radical (unpaired) electrons. The van der Waals surface area contributed by atoms with Crippen molar-refractivity contribution in [2.24, 2.45) is 5.16 Å². The lowest BCUT2D eigenvalue weighted by atomic mass is 10.0. The van der Waals surface area contributed by atoms with Crippen molar-refractivity contribution in [1.82, 2.24) is 0 Å².